The Labute approximate surface area is 138 Å². The van der Waals surface area contributed by atoms with Crippen molar-refractivity contribution >= 4 is 28.5 Å². The summed E-state index contributed by atoms with van der Waals surface area (Å²) < 4.78 is 6.64. The van der Waals surface area contributed by atoms with Crippen molar-refractivity contribution in [3.63, 3.8) is 0 Å². The second kappa shape index (κ2) is 6.38. The molecule has 0 N–H and O–H groups in total. The van der Waals surface area contributed by atoms with Gasteiger partial charge in [-0.3, -0.25) is 4.79 Å². The van der Waals surface area contributed by atoms with Crippen molar-refractivity contribution in [2.24, 2.45) is 0 Å². The van der Waals surface area contributed by atoms with Crippen LogP contribution in [-0.2, 0) is 22.5 Å². The average molecular weight is 330 g/mol. The summed E-state index contributed by atoms with van der Waals surface area (Å²) in [5.74, 6) is -0.297. The van der Waals surface area contributed by atoms with Crippen LogP contribution in [0.1, 0.15) is 12.5 Å². The topological polar surface area (TPSA) is 57.0 Å². The third-order valence-corrected chi connectivity index (χ3v) is 3.97. The molecular weight excluding hydrogens is 314 g/mol. The molecule has 0 radical (unpaired) electrons. The van der Waals surface area contributed by atoms with Crippen molar-refractivity contribution in [3.8, 4) is 11.3 Å². The molecule has 0 aliphatic carbocycles. The highest BCUT2D eigenvalue weighted by Gasteiger charge is 2.16. The van der Waals surface area contributed by atoms with E-state index in [1.165, 1.54) is 7.11 Å². The van der Waals surface area contributed by atoms with Gasteiger partial charge in [-0.1, -0.05) is 25.1 Å². The Kier molecular flexibility index (Phi) is 4.30. The van der Waals surface area contributed by atoms with Crippen LogP contribution in [0.3, 0.4) is 0 Å². The first-order valence-electron chi connectivity index (χ1n) is 7.30. The largest absolute Gasteiger partial charge is 0.468 e. The molecule has 0 amide bonds. The maximum atomic E-state index is 11.7. The number of ether oxygens (including phenoxy) is 1. The van der Waals surface area contributed by atoms with Gasteiger partial charge in [-0.2, -0.15) is 0 Å². The molecule has 0 atom stereocenters. The summed E-state index contributed by atoms with van der Waals surface area (Å²) in [6.45, 7) is 2.20. The molecule has 0 aliphatic heterocycles. The zero-order valence-corrected chi connectivity index (χ0v) is 13.7. The van der Waals surface area contributed by atoms with Gasteiger partial charge in [-0.15, -0.1) is 0 Å². The van der Waals surface area contributed by atoms with Gasteiger partial charge in [-0.25, -0.2) is 9.97 Å². The van der Waals surface area contributed by atoms with Crippen LogP contribution in [-0.4, -0.2) is 27.6 Å². The summed E-state index contributed by atoms with van der Waals surface area (Å²) in [5, 5.41) is 1.22. The maximum Gasteiger partial charge on any atom is 0.325 e. The number of carbonyl (C=O) groups is 1. The number of rotatable bonds is 4. The minimum atomic E-state index is -0.297. The second-order valence-electron chi connectivity index (χ2n) is 5.13. The normalized spacial score (nSPS) is 10.9. The molecule has 6 heteroatoms. The first-order valence-corrected chi connectivity index (χ1v) is 7.68. The molecule has 5 nitrogen and oxygen atoms in total. The number of esters is 1. The van der Waals surface area contributed by atoms with Crippen LogP contribution in [0.2, 0.25) is 5.28 Å². The molecule has 118 valence electrons. The Morgan fingerprint density at radius 2 is 2.13 bits per heavy atom. The minimum Gasteiger partial charge on any atom is -0.468 e. The summed E-state index contributed by atoms with van der Waals surface area (Å²) in [5.41, 5.74) is 3.69. The molecule has 0 bridgehead atoms. The summed E-state index contributed by atoms with van der Waals surface area (Å²) in [6.07, 6.45) is 4.46. The van der Waals surface area contributed by atoms with Crippen LogP contribution in [0, 0.1) is 0 Å². The lowest BCUT2D eigenvalue weighted by Crippen LogP contribution is -2.10. The van der Waals surface area contributed by atoms with Crippen molar-refractivity contribution in [1.29, 1.82) is 0 Å². The predicted molar refractivity (Wildman–Crippen MR) is 89.4 cm³/mol. The first-order chi connectivity index (χ1) is 11.1. The molecule has 0 fully saturated rings. The summed E-state index contributed by atoms with van der Waals surface area (Å²) in [7, 11) is 1.38. The lowest BCUT2D eigenvalue weighted by atomic mass is 10.0. The van der Waals surface area contributed by atoms with Crippen molar-refractivity contribution in [2.75, 3.05) is 7.11 Å². The number of fused-ring (bicyclic) bond motifs is 1. The molecule has 0 saturated heterocycles. The molecule has 23 heavy (non-hydrogen) atoms. The zero-order valence-electron chi connectivity index (χ0n) is 12.9. The number of hydrogen-bond acceptors (Lipinski definition) is 4. The van der Waals surface area contributed by atoms with E-state index in [4.69, 9.17) is 16.3 Å². The molecule has 3 rings (SSSR count). The maximum absolute atomic E-state index is 11.7. The molecule has 1 aromatic carbocycles. The molecular formula is C17H16ClN3O2. The first kappa shape index (κ1) is 15.5. The Bertz CT molecular complexity index is 873. The summed E-state index contributed by atoms with van der Waals surface area (Å²) in [6, 6.07) is 7.88. The molecule has 0 saturated carbocycles. The Hall–Kier alpha value is -2.40. The van der Waals surface area contributed by atoms with Gasteiger partial charge in [-0.05, 0) is 29.7 Å². The number of halogens is 1. The van der Waals surface area contributed by atoms with Gasteiger partial charge in [0, 0.05) is 28.9 Å². The third kappa shape index (κ3) is 2.92. The zero-order chi connectivity index (χ0) is 16.4. The SMILES string of the molecule is CCc1cnc(Cl)nc1-c1cn(CC(=O)OC)c2ccccc12. The van der Waals surface area contributed by atoms with Gasteiger partial charge in [0.15, 0.2) is 0 Å². The number of hydrogen-bond donors (Lipinski definition) is 0. The minimum absolute atomic E-state index is 0.150. The molecule has 0 unspecified atom stereocenters. The van der Waals surface area contributed by atoms with E-state index in [9.17, 15) is 4.79 Å². The van der Waals surface area contributed by atoms with Crippen LogP contribution < -0.4 is 0 Å². The number of aryl methyl sites for hydroxylation is 1. The highest BCUT2D eigenvalue weighted by molar-refractivity contribution is 6.28. The van der Waals surface area contributed by atoms with Crippen molar-refractivity contribution in [3.05, 3.63) is 47.5 Å². The highest BCUT2D eigenvalue weighted by Crippen LogP contribution is 2.32. The van der Waals surface area contributed by atoms with Crippen molar-refractivity contribution < 1.29 is 9.53 Å². The number of benzene rings is 1. The molecule has 0 aliphatic rings. The molecule has 2 heterocycles. The third-order valence-electron chi connectivity index (χ3n) is 3.79. The van der Waals surface area contributed by atoms with Crippen LogP contribution in [0.25, 0.3) is 22.2 Å². The number of methoxy groups -OCH3 is 1. The van der Waals surface area contributed by atoms with Gasteiger partial charge in [0.25, 0.3) is 0 Å². The Morgan fingerprint density at radius 3 is 2.87 bits per heavy atom. The standard InChI is InChI=1S/C17H16ClN3O2/c1-3-11-8-19-17(18)20-16(11)13-9-21(10-15(22)23-2)14-7-5-4-6-12(13)14/h4-9H,3,10H2,1-2H3. The quantitative estimate of drug-likeness (QED) is 0.543. The van der Waals surface area contributed by atoms with E-state index in [-0.39, 0.29) is 17.8 Å². The van der Waals surface area contributed by atoms with Gasteiger partial charge in [0.05, 0.1) is 12.8 Å². The average Bonchev–Trinajstić information content (AvgIpc) is 2.93. The van der Waals surface area contributed by atoms with E-state index < -0.39 is 0 Å². The fourth-order valence-electron chi connectivity index (χ4n) is 2.65. The Balaban J connectivity index is 2.22. The predicted octanol–water partition coefficient (Wildman–Crippen LogP) is 3.49. The second-order valence-corrected chi connectivity index (χ2v) is 5.47. The Morgan fingerprint density at radius 1 is 1.35 bits per heavy atom. The van der Waals surface area contributed by atoms with E-state index in [2.05, 4.69) is 9.97 Å². The fraction of sp³-hybridized carbons (Fsp3) is 0.235. The summed E-state index contributed by atoms with van der Waals surface area (Å²) >= 11 is 5.99. The van der Waals surface area contributed by atoms with Gasteiger partial charge >= 0.3 is 5.97 Å². The van der Waals surface area contributed by atoms with E-state index in [1.807, 2.05) is 42.0 Å². The van der Waals surface area contributed by atoms with Crippen molar-refractivity contribution in [1.82, 2.24) is 14.5 Å². The molecule has 0 spiro atoms. The monoisotopic (exact) mass is 329 g/mol. The van der Waals surface area contributed by atoms with Crippen LogP contribution in [0.4, 0.5) is 0 Å². The molecule has 3 aromatic rings. The van der Waals surface area contributed by atoms with E-state index >= 15 is 0 Å². The van der Waals surface area contributed by atoms with Gasteiger partial charge < -0.3 is 9.30 Å². The molecule has 2 aromatic heterocycles. The van der Waals surface area contributed by atoms with Crippen LogP contribution in [0.5, 0.6) is 0 Å². The van der Waals surface area contributed by atoms with Gasteiger partial charge in [0.1, 0.15) is 6.54 Å². The number of nitrogens with zero attached hydrogens (tertiary/aromatic N) is 3. The van der Waals surface area contributed by atoms with Crippen molar-refractivity contribution in [2.45, 2.75) is 19.9 Å². The van der Waals surface area contributed by atoms with E-state index in [1.54, 1.807) is 6.20 Å². The fourth-order valence-corrected chi connectivity index (χ4v) is 2.78. The number of aromatic nitrogens is 3. The van der Waals surface area contributed by atoms with Crippen LogP contribution >= 0.6 is 11.6 Å². The van der Waals surface area contributed by atoms with E-state index in [0.29, 0.717) is 0 Å². The van der Waals surface area contributed by atoms with Crippen LogP contribution in [0.15, 0.2) is 36.7 Å². The lowest BCUT2D eigenvalue weighted by Gasteiger charge is -2.05. The summed E-state index contributed by atoms with van der Waals surface area (Å²) in [4.78, 5) is 20.1. The smallest absolute Gasteiger partial charge is 0.325 e. The van der Waals surface area contributed by atoms with Gasteiger partial charge in [0.2, 0.25) is 5.28 Å². The van der Waals surface area contributed by atoms with E-state index in [0.717, 1.165) is 34.1 Å². The number of carbonyl (C=O) groups excluding carboxylic acids is 1. The number of para-hydroxylation sites is 1. The highest BCUT2D eigenvalue weighted by atomic mass is 35.5. The lowest BCUT2D eigenvalue weighted by molar-refractivity contribution is -0.141.